The molecule has 0 atom stereocenters. The van der Waals surface area contributed by atoms with Crippen molar-refractivity contribution in [1.29, 1.82) is 0 Å². The monoisotopic (exact) mass is 337 g/mol. The fourth-order valence-electron chi connectivity index (χ4n) is 1.70. The number of anilines is 1. The van der Waals surface area contributed by atoms with Crippen molar-refractivity contribution in [3.8, 4) is 0 Å². The lowest BCUT2D eigenvalue weighted by molar-refractivity contribution is -0.120. The van der Waals surface area contributed by atoms with Gasteiger partial charge in [0.1, 0.15) is 5.82 Å². The van der Waals surface area contributed by atoms with Crippen LogP contribution in [0.3, 0.4) is 0 Å². The van der Waals surface area contributed by atoms with Gasteiger partial charge in [0.15, 0.2) is 5.11 Å². The molecule has 0 fully saturated rings. The van der Waals surface area contributed by atoms with Crippen molar-refractivity contribution in [1.82, 2.24) is 10.9 Å². The van der Waals surface area contributed by atoms with Crippen LogP contribution in [-0.2, 0) is 11.2 Å². The Morgan fingerprint density at radius 1 is 1.09 bits per heavy atom. The highest BCUT2D eigenvalue weighted by Crippen LogP contribution is 2.15. The Labute approximate surface area is 137 Å². The summed E-state index contributed by atoms with van der Waals surface area (Å²) in [4.78, 5) is 11.8. The maximum atomic E-state index is 13.4. The number of thiocarbonyl (C=S) groups is 1. The minimum absolute atomic E-state index is 0.0811. The van der Waals surface area contributed by atoms with Crippen LogP contribution in [0.25, 0.3) is 0 Å². The maximum absolute atomic E-state index is 13.4. The number of benzene rings is 2. The molecule has 0 aliphatic heterocycles. The van der Waals surface area contributed by atoms with Gasteiger partial charge in [-0.25, -0.2) is 4.39 Å². The minimum Gasteiger partial charge on any atom is -0.329 e. The zero-order chi connectivity index (χ0) is 15.9. The molecule has 22 heavy (non-hydrogen) atoms. The van der Waals surface area contributed by atoms with E-state index in [1.54, 1.807) is 36.4 Å². The van der Waals surface area contributed by atoms with Gasteiger partial charge >= 0.3 is 0 Å². The third-order valence-electron chi connectivity index (χ3n) is 2.75. The predicted octanol–water partition coefficient (Wildman–Crippen LogP) is 3.04. The van der Waals surface area contributed by atoms with Crippen molar-refractivity contribution in [3.05, 3.63) is 64.9 Å². The first kappa shape index (κ1) is 16.2. The molecule has 7 heteroatoms. The van der Waals surface area contributed by atoms with E-state index >= 15 is 0 Å². The lowest BCUT2D eigenvalue weighted by Crippen LogP contribution is -2.44. The average Bonchev–Trinajstić information content (AvgIpc) is 2.50. The molecule has 1 amide bonds. The zero-order valence-electron chi connectivity index (χ0n) is 11.4. The summed E-state index contributed by atoms with van der Waals surface area (Å²) in [6.45, 7) is 0. The molecule has 4 nitrogen and oxygen atoms in total. The molecule has 0 saturated heterocycles. The fourth-order valence-corrected chi connectivity index (χ4v) is 2.07. The van der Waals surface area contributed by atoms with Crippen LogP contribution in [-0.4, -0.2) is 11.0 Å². The molecule has 2 rings (SSSR count). The lowest BCUT2D eigenvalue weighted by Gasteiger charge is -2.12. The lowest BCUT2D eigenvalue weighted by atomic mass is 10.1. The number of amides is 1. The largest absolute Gasteiger partial charge is 0.329 e. The number of rotatable bonds is 3. The number of hydrogen-bond donors (Lipinski definition) is 3. The number of nitrogens with one attached hydrogen (secondary N) is 3. The van der Waals surface area contributed by atoms with Crippen LogP contribution in [0.2, 0.25) is 5.02 Å². The molecule has 0 aromatic heterocycles. The Kier molecular flexibility index (Phi) is 5.68. The topological polar surface area (TPSA) is 53.2 Å². The molecule has 0 aliphatic rings. The van der Waals surface area contributed by atoms with Crippen LogP contribution in [0.15, 0.2) is 48.5 Å². The van der Waals surface area contributed by atoms with E-state index in [0.717, 1.165) is 0 Å². The van der Waals surface area contributed by atoms with E-state index in [1.807, 2.05) is 0 Å². The quantitative estimate of drug-likeness (QED) is 0.595. The van der Waals surface area contributed by atoms with Crippen molar-refractivity contribution in [3.63, 3.8) is 0 Å². The molecule has 0 spiro atoms. The number of halogens is 2. The summed E-state index contributed by atoms with van der Waals surface area (Å²) >= 11 is 11.0. The molecular formula is C15H13ClFN3OS. The summed E-state index contributed by atoms with van der Waals surface area (Å²) in [6, 6.07) is 13.1. The number of hydrogen-bond acceptors (Lipinski definition) is 2. The average molecular weight is 338 g/mol. The highest BCUT2D eigenvalue weighted by molar-refractivity contribution is 7.80. The molecule has 2 aromatic rings. The Bertz CT molecular complexity index is 636. The van der Waals surface area contributed by atoms with E-state index in [9.17, 15) is 9.18 Å². The first-order valence-corrected chi connectivity index (χ1v) is 7.18. The minimum atomic E-state index is -0.436. The maximum Gasteiger partial charge on any atom is 0.242 e. The van der Waals surface area contributed by atoms with Crippen molar-refractivity contribution < 1.29 is 9.18 Å². The molecule has 0 radical (unpaired) electrons. The fraction of sp³-hybridized carbons (Fsp3) is 0.0667. The Balaban J connectivity index is 1.82. The SMILES string of the molecule is O=C(Cc1ccccc1Cl)NNC(=S)Nc1ccccc1F. The zero-order valence-corrected chi connectivity index (χ0v) is 13.0. The molecular weight excluding hydrogens is 325 g/mol. The normalized spacial score (nSPS) is 9.91. The smallest absolute Gasteiger partial charge is 0.242 e. The van der Waals surface area contributed by atoms with E-state index in [4.69, 9.17) is 23.8 Å². The van der Waals surface area contributed by atoms with E-state index in [0.29, 0.717) is 10.6 Å². The van der Waals surface area contributed by atoms with Gasteiger partial charge in [-0.05, 0) is 36.0 Å². The molecule has 0 unspecified atom stereocenters. The van der Waals surface area contributed by atoms with Gasteiger partial charge in [-0.15, -0.1) is 0 Å². The van der Waals surface area contributed by atoms with Crippen LogP contribution >= 0.6 is 23.8 Å². The molecule has 0 saturated carbocycles. The number of para-hydroxylation sites is 1. The van der Waals surface area contributed by atoms with Crippen LogP contribution in [0.4, 0.5) is 10.1 Å². The van der Waals surface area contributed by atoms with Gasteiger partial charge in [0.25, 0.3) is 0 Å². The van der Waals surface area contributed by atoms with Crippen molar-refractivity contribution in [2.75, 3.05) is 5.32 Å². The third kappa shape index (κ3) is 4.68. The Morgan fingerprint density at radius 3 is 2.50 bits per heavy atom. The van der Waals surface area contributed by atoms with Crippen molar-refractivity contribution in [2.45, 2.75) is 6.42 Å². The van der Waals surface area contributed by atoms with Crippen LogP contribution < -0.4 is 16.2 Å². The summed E-state index contributed by atoms with van der Waals surface area (Å²) in [5.41, 5.74) is 5.86. The van der Waals surface area contributed by atoms with Gasteiger partial charge in [0.05, 0.1) is 12.1 Å². The van der Waals surface area contributed by atoms with Gasteiger partial charge in [-0.3, -0.25) is 15.6 Å². The first-order valence-electron chi connectivity index (χ1n) is 6.40. The molecule has 0 bridgehead atoms. The van der Waals surface area contributed by atoms with Gasteiger partial charge in [-0.2, -0.15) is 0 Å². The predicted molar refractivity (Wildman–Crippen MR) is 89.1 cm³/mol. The standard InChI is InChI=1S/C15H13ClFN3OS/c16-11-6-2-1-5-10(11)9-14(21)19-20-15(22)18-13-8-4-3-7-12(13)17/h1-8H,9H2,(H,19,21)(H2,18,20,22). The van der Waals surface area contributed by atoms with Gasteiger partial charge in [0, 0.05) is 5.02 Å². The second-order valence-corrected chi connectivity index (χ2v) is 5.19. The van der Waals surface area contributed by atoms with E-state index < -0.39 is 5.82 Å². The highest BCUT2D eigenvalue weighted by Gasteiger charge is 2.07. The summed E-state index contributed by atoms with van der Waals surface area (Å²) in [6.07, 6.45) is 0.106. The van der Waals surface area contributed by atoms with Gasteiger partial charge < -0.3 is 5.32 Å². The Hall–Kier alpha value is -2.18. The molecule has 3 N–H and O–H groups in total. The van der Waals surface area contributed by atoms with E-state index in [2.05, 4.69) is 16.2 Å². The summed E-state index contributed by atoms with van der Waals surface area (Å²) in [5.74, 6) is -0.750. The summed E-state index contributed by atoms with van der Waals surface area (Å²) in [5, 5.41) is 3.24. The van der Waals surface area contributed by atoms with Gasteiger partial charge in [-0.1, -0.05) is 41.9 Å². The number of hydrazine groups is 1. The van der Waals surface area contributed by atoms with Crippen LogP contribution in [0.1, 0.15) is 5.56 Å². The molecule has 0 heterocycles. The second kappa shape index (κ2) is 7.72. The molecule has 2 aromatic carbocycles. The summed E-state index contributed by atoms with van der Waals surface area (Å²) < 4.78 is 13.4. The van der Waals surface area contributed by atoms with E-state index in [-0.39, 0.29) is 23.1 Å². The van der Waals surface area contributed by atoms with Crippen molar-refractivity contribution in [2.24, 2.45) is 0 Å². The van der Waals surface area contributed by atoms with Crippen LogP contribution in [0.5, 0.6) is 0 Å². The Morgan fingerprint density at radius 2 is 1.77 bits per heavy atom. The highest BCUT2D eigenvalue weighted by atomic mass is 35.5. The van der Waals surface area contributed by atoms with E-state index in [1.165, 1.54) is 12.1 Å². The van der Waals surface area contributed by atoms with Crippen molar-refractivity contribution >= 4 is 40.5 Å². The third-order valence-corrected chi connectivity index (χ3v) is 3.32. The molecule has 114 valence electrons. The molecule has 0 aliphatic carbocycles. The van der Waals surface area contributed by atoms with Crippen LogP contribution in [0, 0.1) is 5.82 Å². The van der Waals surface area contributed by atoms with Gasteiger partial charge in [0.2, 0.25) is 5.91 Å². The summed E-state index contributed by atoms with van der Waals surface area (Å²) in [7, 11) is 0. The number of carbonyl (C=O) groups excluding carboxylic acids is 1. The number of carbonyl (C=O) groups is 1. The first-order chi connectivity index (χ1) is 10.6. The second-order valence-electron chi connectivity index (χ2n) is 4.38.